The Morgan fingerprint density at radius 1 is 1.25 bits per heavy atom. The first-order valence-corrected chi connectivity index (χ1v) is 10.4. The van der Waals surface area contributed by atoms with Crippen LogP contribution in [0.3, 0.4) is 0 Å². The van der Waals surface area contributed by atoms with Crippen molar-refractivity contribution < 1.29 is 9.13 Å². The number of nitrogen functional groups attached to an aromatic ring is 1. The zero-order valence-corrected chi connectivity index (χ0v) is 18.2. The summed E-state index contributed by atoms with van der Waals surface area (Å²) in [5.41, 5.74) is 8.08. The second-order valence-electron chi connectivity index (χ2n) is 7.15. The summed E-state index contributed by atoms with van der Waals surface area (Å²) in [7, 11) is 0. The number of hydrogen-bond donors (Lipinski definition) is 2. The summed E-state index contributed by atoms with van der Waals surface area (Å²) in [5.74, 6) is 0.171. The minimum absolute atomic E-state index is 0.0955. The van der Waals surface area contributed by atoms with Gasteiger partial charge in [0.15, 0.2) is 0 Å². The minimum atomic E-state index is -0.836. The molecular weight excluding hydrogens is 454 g/mol. The SMILES string of the molecule is N#Cc1cc(C(=N)c2cc(OCc3c(Cl)cnc(F)c3Cl)ccc2N)cnc1N1CCC1. The van der Waals surface area contributed by atoms with Crippen LogP contribution in [0.4, 0.5) is 15.9 Å². The first-order valence-electron chi connectivity index (χ1n) is 9.64. The molecule has 0 spiro atoms. The van der Waals surface area contributed by atoms with Crippen LogP contribution in [-0.2, 0) is 6.61 Å². The molecule has 7 nitrogen and oxygen atoms in total. The molecule has 2 aromatic heterocycles. The van der Waals surface area contributed by atoms with E-state index < -0.39 is 5.95 Å². The van der Waals surface area contributed by atoms with Crippen LogP contribution in [0.1, 0.15) is 28.7 Å². The Kier molecular flexibility index (Phi) is 6.12. The number of nitrogens with one attached hydrogen (secondary N) is 1. The van der Waals surface area contributed by atoms with Crippen molar-refractivity contribution in [1.29, 1.82) is 10.7 Å². The van der Waals surface area contributed by atoms with Gasteiger partial charge in [0.1, 0.15) is 29.3 Å². The number of aromatic nitrogens is 2. The molecule has 3 N–H and O–H groups in total. The van der Waals surface area contributed by atoms with Crippen molar-refractivity contribution >= 4 is 40.4 Å². The molecule has 3 aromatic rings. The van der Waals surface area contributed by atoms with Gasteiger partial charge in [-0.25, -0.2) is 9.97 Å². The fourth-order valence-electron chi connectivity index (χ4n) is 3.22. The quantitative estimate of drug-likeness (QED) is 0.309. The van der Waals surface area contributed by atoms with E-state index in [1.165, 1.54) is 0 Å². The van der Waals surface area contributed by atoms with Crippen molar-refractivity contribution in [2.75, 3.05) is 23.7 Å². The molecule has 32 heavy (non-hydrogen) atoms. The average Bonchev–Trinajstić information content (AvgIpc) is 2.76. The van der Waals surface area contributed by atoms with Crippen LogP contribution in [0, 0.1) is 22.7 Å². The summed E-state index contributed by atoms with van der Waals surface area (Å²) in [5, 5.41) is 18.1. The summed E-state index contributed by atoms with van der Waals surface area (Å²) < 4.78 is 19.3. The molecule has 0 unspecified atom stereocenters. The van der Waals surface area contributed by atoms with E-state index in [0.717, 1.165) is 25.7 Å². The third-order valence-corrected chi connectivity index (χ3v) is 5.84. The lowest BCUT2D eigenvalue weighted by Gasteiger charge is -2.32. The maximum atomic E-state index is 13.6. The van der Waals surface area contributed by atoms with Gasteiger partial charge in [-0.05, 0) is 30.7 Å². The minimum Gasteiger partial charge on any atom is -0.489 e. The summed E-state index contributed by atoms with van der Waals surface area (Å²) in [4.78, 5) is 9.87. The van der Waals surface area contributed by atoms with Crippen molar-refractivity contribution in [3.05, 3.63) is 74.9 Å². The van der Waals surface area contributed by atoms with Crippen molar-refractivity contribution in [2.24, 2.45) is 0 Å². The molecule has 1 aliphatic heterocycles. The highest BCUT2D eigenvalue weighted by Gasteiger charge is 2.21. The van der Waals surface area contributed by atoms with Crippen LogP contribution in [0.2, 0.25) is 10.0 Å². The Morgan fingerprint density at radius 3 is 2.72 bits per heavy atom. The van der Waals surface area contributed by atoms with Gasteiger partial charge in [-0.2, -0.15) is 9.65 Å². The third kappa shape index (κ3) is 4.17. The van der Waals surface area contributed by atoms with E-state index >= 15 is 0 Å². The highest BCUT2D eigenvalue weighted by molar-refractivity contribution is 6.35. The standard InChI is InChI=1S/C22H17Cl2FN6O/c23-17-10-29-21(25)19(24)16(17)11-32-14-2-3-18(27)15(7-14)20(28)13-6-12(8-26)22(30-9-13)31-4-1-5-31/h2-3,6-7,9-10,28H,1,4-5,11,27H2. The molecule has 3 heterocycles. The number of nitrogens with zero attached hydrogens (tertiary/aromatic N) is 4. The van der Waals surface area contributed by atoms with Gasteiger partial charge < -0.3 is 15.4 Å². The Morgan fingerprint density at radius 2 is 2.03 bits per heavy atom. The molecule has 0 radical (unpaired) electrons. The van der Waals surface area contributed by atoms with Crippen molar-refractivity contribution in [1.82, 2.24) is 9.97 Å². The van der Waals surface area contributed by atoms with Gasteiger partial charge in [0.05, 0.1) is 16.3 Å². The van der Waals surface area contributed by atoms with Crippen LogP contribution >= 0.6 is 23.2 Å². The Bertz CT molecular complexity index is 1260. The van der Waals surface area contributed by atoms with Crippen molar-refractivity contribution in [3.63, 3.8) is 0 Å². The second-order valence-corrected chi connectivity index (χ2v) is 7.93. The number of anilines is 2. The summed E-state index contributed by atoms with van der Waals surface area (Å²) in [6.45, 7) is 1.62. The Hall–Kier alpha value is -3.41. The molecule has 162 valence electrons. The molecule has 0 aliphatic carbocycles. The summed E-state index contributed by atoms with van der Waals surface area (Å²) in [6, 6.07) is 8.60. The normalized spacial score (nSPS) is 12.8. The zero-order valence-electron chi connectivity index (χ0n) is 16.7. The number of benzene rings is 1. The highest BCUT2D eigenvalue weighted by atomic mass is 35.5. The van der Waals surface area contributed by atoms with E-state index in [-0.39, 0.29) is 27.9 Å². The van der Waals surface area contributed by atoms with Crippen molar-refractivity contribution in [3.8, 4) is 11.8 Å². The molecular formula is C22H17Cl2FN6O. The highest BCUT2D eigenvalue weighted by Crippen LogP contribution is 2.29. The lowest BCUT2D eigenvalue weighted by Crippen LogP contribution is -2.38. The first-order chi connectivity index (χ1) is 15.4. The molecule has 4 rings (SSSR count). The lowest BCUT2D eigenvalue weighted by atomic mass is 10.0. The number of nitriles is 1. The zero-order chi connectivity index (χ0) is 22.8. The van der Waals surface area contributed by atoms with E-state index in [4.69, 9.17) is 39.1 Å². The molecule has 0 saturated carbocycles. The fourth-order valence-corrected chi connectivity index (χ4v) is 3.67. The van der Waals surface area contributed by atoms with Crippen LogP contribution < -0.4 is 15.4 Å². The van der Waals surface area contributed by atoms with E-state index in [0.29, 0.717) is 33.9 Å². The summed E-state index contributed by atoms with van der Waals surface area (Å²) in [6.07, 6.45) is 3.79. The number of nitrogens with two attached hydrogens (primary N) is 1. The Labute approximate surface area is 193 Å². The molecule has 1 aromatic carbocycles. The van der Waals surface area contributed by atoms with Gasteiger partial charge in [-0.1, -0.05) is 23.2 Å². The maximum Gasteiger partial charge on any atom is 0.232 e. The summed E-state index contributed by atoms with van der Waals surface area (Å²) >= 11 is 12.0. The predicted octanol–water partition coefficient (Wildman–Crippen LogP) is 4.58. The van der Waals surface area contributed by atoms with Crippen LogP contribution in [-0.4, -0.2) is 28.8 Å². The van der Waals surface area contributed by atoms with E-state index in [9.17, 15) is 9.65 Å². The fraction of sp³-hybridized carbons (Fsp3) is 0.182. The van der Waals surface area contributed by atoms with E-state index in [1.807, 2.05) is 4.90 Å². The van der Waals surface area contributed by atoms with E-state index in [1.54, 1.807) is 30.5 Å². The van der Waals surface area contributed by atoms with Crippen LogP contribution in [0.25, 0.3) is 0 Å². The van der Waals surface area contributed by atoms with Gasteiger partial charge in [0, 0.05) is 47.9 Å². The van der Waals surface area contributed by atoms with Gasteiger partial charge >= 0.3 is 0 Å². The molecule has 10 heteroatoms. The lowest BCUT2D eigenvalue weighted by molar-refractivity contribution is 0.305. The number of rotatable bonds is 6. The average molecular weight is 471 g/mol. The second kappa shape index (κ2) is 8.99. The smallest absolute Gasteiger partial charge is 0.232 e. The largest absolute Gasteiger partial charge is 0.489 e. The van der Waals surface area contributed by atoms with Crippen molar-refractivity contribution in [2.45, 2.75) is 13.0 Å². The predicted molar refractivity (Wildman–Crippen MR) is 121 cm³/mol. The monoisotopic (exact) mass is 470 g/mol. The van der Waals surface area contributed by atoms with Gasteiger partial charge in [0.25, 0.3) is 0 Å². The number of hydrogen-bond acceptors (Lipinski definition) is 7. The van der Waals surface area contributed by atoms with Gasteiger partial charge in [-0.15, -0.1) is 0 Å². The molecule has 1 fully saturated rings. The molecule has 1 saturated heterocycles. The number of ether oxygens (including phenoxy) is 1. The van der Waals surface area contributed by atoms with E-state index in [2.05, 4.69) is 16.0 Å². The topological polar surface area (TPSA) is 112 Å². The van der Waals surface area contributed by atoms with Gasteiger partial charge in [0.2, 0.25) is 5.95 Å². The maximum absolute atomic E-state index is 13.6. The third-order valence-electron chi connectivity index (χ3n) is 5.13. The number of pyridine rings is 2. The molecule has 0 bridgehead atoms. The Balaban J connectivity index is 1.58. The molecule has 0 atom stereocenters. The first kappa shape index (κ1) is 21.8. The van der Waals surface area contributed by atoms with Crippen LogP contribution in [0.15, 0.2) is 36.7 Å². The number of halogens is 3. The van der Waals surface area contributed by atoms with Gasteiger partial charge in [-0.3, -0.25) is 5.41 Å². The molecule has 1 aliphatic rings. The van der Waals surface area contributed by atoms with Crippen LogP contribution in [0.5, 0.6) is 5.75 Å². The molecule has 0 amide bonds.